The Balaban J connectivity index is 1.86. The molecule has 1 aliphatic rings. The standard InChI is InChI=1S/C15H22N2O3/c1-15(10-16)6-7-17(11-15)14(18)9-20-13-5-3-4-12(8-13)19-2/h3-5,8H,6-7,9-11,16H2,1-2H3. The fourth-order valence-corrected chi connectivity index (χ4v) is 2.33. The second kappa shape index (κ2) is 6.13. The van der Waals surface area contributed by atoms with Gasteiger partial charge in [-0.3, -0.25) is 4.79 Å². The van der Waals surface area contributed by atoms with Gasteiger partial charge in [0.05, 0.1) is 7.11 Å². The van der Waals surface area contributed by atoms with E-state index in [1.807, 2.05) is 23.1 Å². The zero-order valence-electron chi connectivity index (χ0n) is 12.1. The predicted octanol–water partition coefficient (Wildman–Crippen LogP) is 1.27. The Labute approximate surface area is 119 Å². The average molecular weight is 278 g/mol. The molecule has 20 heavy (non-hydrogen) atoms. The lowest BCUT2D eigenvalue weighted by Crippen LogP contribution is -2.36. The van der Waals surface area contributed by atoms with Crippen LogP contribution in [0.4, 0.5) is 0 Å². The van der Waals surface area contributed by atoms with Crippen LogP contribution in [0.5, 0.6) is 11.5 Å². The third-order valence-corrected chi connectivity index (χ3v) is 3.81. The summed E-state index contributed by atoms with van der Waals surface area (Å²) in [6.07, 6.45) is 0.953. The van der Waals surface area contributed by atoms with Gasteiger partial charge in [0, 0.05) is 19.2 Å². The van der Waals surface area contributed by atoms with E-state index >= 15 is 0 Å². The lowest BCUT2D eigenvalue weighted by Gasteiger charge is -2.22. The second-order valence-corrected chi connectivity index (χ2v) is 5.55. The van der Waals surface area contributed by atoms with Crippen LogP contribution in [-0.2, 0) is 4.79 Å². The Morgan fingerprint density at radius 1 is 1.45 bits per heavy atom. The predicted molar refractivity (Wildman–Crippen MR) is 76.8 cm³/mol. The van der Waals surface area contributed by atoms with E-state index in [9.17, 15) is 4.79 Å². The smallest absolute Gasteiger partial charge is 0.260 e. The first-order valence-corrected chi connectivity index (χ1v) is 6.81. The number of nitrogens with two attached hydrogens (primary N) is 1. The topological polar surface area (TPSA) is 64.8 Å². The molecule has 5 heteroatoms. The van der Waals surface area contributed by atoms with Gasteiger partial charge < -0.3 is 20.1 Å². The molecule has 0 spiro atoms. The number of likely N-dealkylation sites (tertiary alicyclic amines) is 1. The molecule has 1 aliphatic heterocycles. The maximum Gasteiger partial charge on any atom is 0.260 e. The molecule has 0 radical (unpaired) electrons. The van der Waals surface area contributed by atoms with Crippen LogP contribution >= 0.6 is 0 Å². The van der Waals surface area contributed by atoms with E-state index in [4.69, 9.17) is 15.2 Å². The fourth-order valence-electron chi connectivity index (χ4n) is 2.33. The van der Waals surface area contributed by atoms with Gasteiger partial charge in [0.15, 0.2) is 6.61 Å². The Kier molecular flexibility index (Phi) is 4.49. The van der Waals surface area contributed by atoms with Crippen LogP contribution in [0.3, 0.4) is 0 Å². The van der Waals surface area contributed by atoms with Gasteiger partial charge in [-0.15, -0.1) is 0 Å². The molecular formula is C15H22N2O3. The fraction of sp³-hybridized carbons (Fsp3) is 0.533. The van der Waals surface area contributed by atoms with Gasteiger partial charge in [-0.05, 0) is 30.5 Å². The maximum absolute atomic E-state index is 12.1. The third kappa shape index (κ3) is 3.42. The number of hydrogen-bond donors (Lipinski definition) is 1. The van der Waals surface area contributed by atoms with Gasteiger partial charge in [-0.1, -0.05) is 13.0 Å². The Morgan fingerprint density at radius 2 is 2.20 bits per heavy atom. The van der Waals surface area contributed by atoms with Crippen molar-refractivity contribution in [3.8, 4) is 11.5 Å². The van der Waals surface area contributed by atoms with Crippen LogP contribution in [-0.4, -0.2) is 44.2 Å². The minimum atomic E-state index is 0.00462. The quantitative estimate of drug-likeness (QED) is 0.881. The van der Waals surface area contributed by atoms with Gasteiger partial charge >= 0.3 is 0 Å². The van der Waals surface area contributed by atoms with Gasteiger partial charge in [0.2, 0.25) is 0 Å². The summed E-state index contributed by atoms with van der Waals surface area (Å²) >= 11 is 0. The van der Waals surface area contributed by atoms with Crippen molar-refractivity contribution in [1.82, 2.24) is 4.90 Å². The molecule has 1 amide bonds. The van der Waals surface area contributed by atoms with Crippen LogP contribution < -0.4 is 15.2 Å². The summed E-state index contributed by atoms with van der Waals surface area (Å²) in [6, 6.07) is 7.24. The van der Waals surface area contributed by atoms with Gasteiger partial charge in [0.25, 0.3) is 5.91 Å². The molecule has 110 valence electrons. The molecular weight excluding hydrogens is 256 g/mol. The molecule has 1 saturated heterocycles. The summed E-state index contributed by atoms with van der Waals surface area (Å²) in [6.45, 7) is 4.24. The summed E-state index contributed by atoms with van der Waals surface area (Å²) in [5.74, 6) is 1.36. The lowest BCUT2D eigenvalue weighted by atomic mass is 9.90. The summed E-state index contributed by atoms with van der Waals surface area (Å²) in [7, 11) is 1.60. The third-order valence-electron chi connectivity index (χ3n) is 3.81. The molecule has 2 N–H and O–H groups in total. The molecule has 1 fully saturated rings. The minimum Gasteiger partial charge on any atom is -0.497 e. The Bertz CT molecular complexity index is 478. The highest BCUT2D eigenvalue weighted by Crippen LogP contribution is 2.28. The monoisotopic (exact) mass is 278 g/mol. The highest BCUT2D eigenvalue weighted by atomic mass is 16.5. The maximum atomic E-state index is 12.1. The first-order chi connectivity index (χ1) is 9.56. The number of ether oxygens (including phenoxy) is 2. The number of carbonyl (C=O) groups excluding carboxylic acids is 1. The Hall–Kier alpha value is -1.75. The Morgan fingerprint density at radius 3 is 2.85 bits per heavy atom. The van der Waals surface area contributed by atoms with E-state index in [1.165, 1.54) is 0 Å². The van der Waals surface area contributed by atoms with Crippen molar-refractivity contribution >= 4 is 5.91 Å². The number of hydrogen-bond acceptors (Lipinski definition) is 4. The lowest BCUT2D eigenvalue weighted by molar-refractivity contribution is -0.132. The molecule has 1 heterocycles. The molecule has 5 nitrogen and oxygen atoms in total. The van der Waals surface area contributed by atoms with Crippen molar-refractivity contribution in [2.45, 2.75) is 13.3 Å². The summed E-state index contributed by atoms with van der Waals surface area (Å²) in [4.78, 5) is 13.9. The first-order valence-electron chi connectivity index (χ1n) is 6.81. The number of nitrogens with zero attached hydrogens (tertiary/aromatic N) is 1. The van der Waals surface area contributed by atoms with Crippen molar-refractivity contribution in [1.29, 1.82) is 0 Å². The molecule has 1 unspecified atom stereocenters. The van der Waals surface area contributed by atoms with E-state index in [0.717, 1.165) is 13.0 Å². The number of rotatable bonds is 5. The molecule has 1 aromatic rings. The van der Waals surface area contributed by atoms with E-state index in [0.29, 0.717) is 24.6 Å². The first kappa shape index (κ1) is 14.7. The van der Waals surface area contributed by atoms with E-state index in [2.05, 4.69) is 6.92 Å². The zero-order valence-corrected chi connectivity index (χ0v) is 12.1. The molecule has 0 bridgehead atoms. The highest BCUT2D eigenvalue weighted by Gasteiger charge is 2.34. The molecule has 0 aromatic heterocycles. The van der Waals surface area contributed by atoms with Crippen molar-refractivity contribution in [2.75, 3.05) is 33.4 Å². The molecule has 1 aromatic carbocycles. The van der Waals surface area contributed by atoms with Gasteiger partial charge in [0.1, 0.15) is 11.5 Å². The van der Waals surface area contributed by atoms with E-state index in [1.54, 1.807) is 13.2 Å². The number of benzene rings is 1. The van der Waals surface area contributed by atoms with Crippen LogP contribution in [0.1, 0.15) is 13.3 Å². The summed E-state index contributed by atoms with van der Waals surface area (Å²) in [5, 5.41) is 0. The molecule has 0 saturated carbocycles. The molecule has 0 aliphatic carbocycles. The van der Waals surface area contributed by atoms with Crippen LogP contribution in [0.2, 0.25) is 0 Å². The zero-order chi connectivity index (χ0) is 14.6. The normalized spacial score (nSPS) is 21.9. The molecule has 1 atom stereocenters. The summed E-state index contributed by atoms with van der Waals surface area (Å²) in [5.41, 5.74) is 5.79. The SMILES string of the molecule is COc1cccc(OCC(=O)N2CCC(C)(CN)C2)c1. The highest BCUT2D eigenvalue weighted by molar-refractivity contribution is 5.78. The van der Waals surface area contributed by atoms with E-state index in [-0.39, 0.29) is 17.9 Å². The summed E-state index contributed by atoms with van der Waals surface area (Å²) < 4.78 is 10.6. The van der Waals surface area contributed by atoms with Crippen molar-refractivity contribution in [2.24, 2.45) is 11.1 Å². The second-order valence-electron chi connectivity index (χ2n) is 5.55. The number of carbonyl (C=O) groups is 1. The van der Waals surface area contributed by atoms with Gasteiger partial charge in [-0.2, -0.15) is 0 Å². The molecule has 2 rings (SSSR count). The van der Waals surface area contributed by atoms with Crippen molar-refractivity contribution in [3.63, 3.8) is 0 Å². The van der Waals surface area contributed by atoms with Crippen molar-refractivity contribution in [3.05, 3.63) is 24.3 Å². The number of amides is 1. The van der Waals surface area contributed by atoms with Gasteiger partial charge in [-0.25, -0.2) is 0 Å². The van der Waals surface area contributed by atoms with Crippen LogP contribution in [0.25, 0.3) is 0 Å². The van der Waals surface area contributed by atoms with E-state index < -0.39 is 0 Å². The van der Waals surface area contributed by atoms with Crippen LogP contribution in [0, 0.1) is 5.41 Å². The van der Waals surface area contributed by atoms with Crippen molar-refractivity contribution < 1.29 is 14.3 Å². The minimum absolute atomic E-state index is 0.00462. The largest absolute Gasteiger partial charge is 0.497 e. The average Bonchev–Trinajstić information content (AvgIpc) is 2.88. The van der Waals surface area contributed by atoms with Crippen LogP contribution in [0.15, 0.2) is 24.3 Å². The number of methoxy groups -OCH3 is 1.